The van der Waals surface area contributed by atoms with Crippen molar-refractivity contribution in [2.75, 3.05) is 6.61 Å². The molecule has 0 rings (SSSR count). The molecule has 0 radical (unpaired) electrons. The van der Waals surface area contributed by atoms with Crippen LogP contribution in [0.1, 0.15) is 251 Å². The van der Waals surface area contributed by atoms with Crippen molar-refractivity contribution in [2.24, 2.45) is 0 Å². The summed E-state index contributed by atoms with van der Waals surface area (Å²) in [5.74, 6) is -0.504. The number of nitrogens with one attached hydrogen (secondary N) is 1. The summed E-state index contributed by atoms with van der Waals surface area (Å²) in [7, 11) is 0. The van der Waals surface area contributed by atoms with Crippen molar-refractivity contribution in [1.29, 1.82) is 0 Å². The molecule has 4 N–H and O–H groups in total. The zero-order valence-electron chi connectivity index (χ0n) is 35.7. The van der Waals surface area contributed by atoms with E-state index in [0.29, 0.717) is 6.42 Å². The van der Waals surface area contributed by atoms with Gasteiger partial charge in [-0.15, -0.1) is 0 Å². The minimum Gasteiger partial charge on any atom is -0.394 e. The minimum atomic E-state index is -1.10. The molecule has 0 aromatic rings. The second kappa shape index (κ2) is 43.6. The number of rotatable bonds is 43. The Bertz CT molecular complexity index is 784. The van der Waals surface area contributed by atoms with E-state index in [1.807, 2.05) is 6.08 Å². The Kier molecular flexibility index (Phi) is 42.6. The molecule has 1 amide bonds. The van der Waals surface area contributed by atoms with Gasteiger partial charge in [0.1, 0.15) is 6.10 Å². The summed E-state index contributed by atoms with van der Waals surface area (Å²) < 4.78 is 0. The number of carbonyl (C=O) groups is 1. The van der Waals surface area contributed by atoms with Gasteiger partial charge in [-0.25, -0.2) is 0 Å². The maximum absolute atomic E-state index is 12.5. The monoisotopic (exact) mass is 748 g/mol. The molecule has 3 atom stereocenters. The standard InChI is InChI=1S/C48H93NO4/c1-3-5-7-9-11-13-15-17-19-21-22-23-24-25-26-27-29-31-33-35-37-39-41-43-47(52)48(53)49-45(44-50)46(51)42-40-38-36-34-32-30-28-20-18-16-14-12-10-8-6-4-2/h25-26,40,42,45-47,50-52H,3-24,27-39,41,43-44H2,1-2H3,(H,49,53)/b26-25-,42-40+. The van der Waals surface area contributed by atoms with Gasteiger partial charge in [-0.3, -0.25) is 4.79 Å². The first-order valence-electron chi connectivity index (χ1n) is 23.7. The van der Waals surface area contributed by atoms with Crippen molar-refractivity contribution in [1.82, 2.24) is 5.32 Å². The fourth-order valence-corrected chi connectivity index (χ4v) is 7.30. The molecule has 0 aliphatic heterocycles. The molecule has 0 aliphatic rings. The molecule has 0 saturated heterocycles. The highest BCUT2D eigenvalue weighted by Crippen LogP contribution is 2.16. The Morgan fingerprint density at radius 2 is 0.755 bits per heavy atom. The average Bonchev–Trinajstić information content (AvgIpc) is 3.16. The fourth-order valence-electron chi connectivity index (χ4n) is 7.30. The topological polar surface area (TPSA) is 89.8 Å². The summed E-state index contributed by atoms with van der Waals surface area (Å²) >= 11 is 0. The van der Waals surface area contributed by atoms with Crippen molar-refractivity contribution in [3.8, 4) is 0 Å². The van der Waals surface area contributed by atoms with Crippen LogP contribution in [0.4, 0.5) is 0 Å². The SMILES string of the molecule is CCCCCCCCCCCCCC/C=C\CCCCCCCCCC(O)C(=O)NC(CO)C(O)/C=C/CCCCCCCCCCCCCCCC. The van der Waals surface area contributed by atoms with Gasteiger partial charge >= 0.3 is 0 Å². The third-order valence-corrected chi connectivity index (χ3v) is 11.0. The van der Waals surface area contributed by atoms with Gasteiger partial charge in [0.15, 0.2) is 0 Å². The predicted octanol–water partition coefficient (Wildman–Crippen LogP) is 13.8. The molecule has 0 aromatic heterocycles. The zero-order chi connectivity index (χ0) is 38.7. The number of hydrogen-bond acceptors (Lipinski definition) is 4. The van der Waals surface area contributed by atoms with E-state index in [1.54, 1.807) is 6.08 Å². The van der Waals surface area contributed by atoms with E-state index in [-0.39, 0.29) is 6.61 Å². The van der Waals surface area contributed by atoms with Gasteiger partial charge < -0.3 is 20.6 Å². The Hall–Kier alpha value is -1.17. The van der Waals surface area contributed by atoms with Gasteiger partial charge in [0, 0.05) is 0 Å². The lowest BCUT2D eigenvalue weighted by Gasteiger charge is -2.21. The van der Waals surface area contributed by atoms with Crippen LogP contribution in [0, 0.1) is 0 Å². The first kappa shape index (κ1) is 51.8. The number of aliphatic hydroxyl groups excluding tert-OH is 3. The number of amides is 1. The lowest BCUT2D eigenvalue weighted by Crippen LogP contribution is -2.48. The summed E-state index contributed by atoms with van der Waals surface area (Å²) in [5.41, 5.74) is 0. The highest BCUT2D eigenvalue weighted by Gasteiger charge is 2.22. The van der Waals surface area contributed by atoms with Gasteiger partial charge in [-0.05, 0) is 44.9 Å². The van der Waals surface area contributed by atoms with Crippen LogP contribution in [0.5, 0.6) is 0 Å². The van der Waals surface area contributed by atoms with E-state index in [1.165, 1.54) is 199 Å². The second-order valence-corrected chi connectivity index (χ2v) is 16.3. The molecule has 0 aromatic carbocycles. The summed E-state index contributed by atoms with van der Waals surface area (Å²) in [5, 5.41) is 33.2. The van der Waals surface area contributed by atoms with Crippen LogP contribution in [0.15, 0.2) is 24.3 Å². The first-order chi connectivity index (χ1) is 26.1. The Morgan fingerprint density at radius 1 is 0.453 bits per heavy atom. The minimum absolute atomic E-state index is 0.363. The molecule has 0 saturated carbocycles. The fraction of sp³-hybridized carbons (Fsp3) is 0.896. The summed E-state index contributed by atoms with van der Waals surface area (Å²) in [4.78, 5) is 12.5. The number of allylic oxidation sites excluding steroid dienone is 3. The molecule has 5 nitrogen and oxygen atoms in total. The van der Waals surface area contributed by atoms with Gasteiger partial charge in [-0.2, -0.15) is 0 Å². The first-order valence-corrected chi connectivity index (χ1v) is 23.7. The zero-order valence-corrected chi connectivity index (χ0v) is 35.7. The van der Waals surface area contributed by atoms with Crippen molar-refractivity contribution in [3.05, 3.63) is 24.3 Å². The van der Waals surface area contributed by atoms with Crippen LogP contribution in [0.2, 0.25) is 0 Å². The van der Waals surface area contributed by atoms with Gasteiger partial charge in [0.25, 0.3) is 0 Å². The average molecular weight is 748 g/mol. The lowest BCUT2D eigenvalue weighted by atomic mass is 10.0. The molecule has 5 heteroatoms. The van der Waals surface area contributed by atoms with E-state index in [4.69, 9.17) is 0 Å². The normalized spacial score (nSPS) is 13.7. The van der Waals surface area contributed by atoms with Gasteiger partial charge in [0.2, 0.25) is 5.91 Å². The van der Waals surface area contributed by atoms with E-state index in [9.17, 15) is 20.1 Å². The largest absolute Gasteiger partial charge is 0.394 e. The van der Waals surface area contributed by atoms with E-state index >= 15 is 0 Å². The van der Waals surface area contributed by atoms with Crippen molar-refractivity contribution >= 4 is 5.91 Å². The van der Waals surface area contributed by atoms with Crippen LogP contribution < -0.4 is 5.32 Å². The van der Waals surface area contributed by atoms with E-state index < -0.39 is 24.2 Å². The molecule has 0 aliphatic carbocycles. The second-order valence-electron chi connectivity index (χ2n) is 16.3. The number of aliphatic hydroxyl groups is 3. The number of hydrogen-bond donors (Lipinski definition) is 4. The van der Waals surface area contributed by atoms with Crippen molar-refractivity contribution in [2.45, 2.75) is 270 Å². The number of carbonyl (C=O) groups excluding carboxylic acids is 1. The molecule has 0 heterocycles. The third-order valence-electron chi connectivity index (χ3n) is 11.0. The third kappa shape index (κ3) is 38.9. The Balaban J connectivity index is 3.63. The van der Waals surface area contributed by atoms with Crippen LogP contribution >= 0.6 is 0 Å². The van der Waals surface area contributed by atoms with E-state index in [2.05, 4.69) is 31.3 Å². The van der Waals surface area contributed by atoms with Crippen molar-refractivity contribution < 1.29 is 20.1 Å². The predicted molar refractivity (Wildman–Crippen MR) is 231 cm³/mol. The molecular formula is C48H93NO4. The highest BCUT2D eigenvalue weighted by atomic mass is 16.3. The summed E-state index contributed by atoms with van der Waals surface area (Å²) in [6.45, 7) is 4.20. The van der Waals surface area contributed by atoms with Crippen LogP contribution in [-0.4, -0.2) is 46.1 Å². The smallest absolute Gasteiger partial charge is 0.249 e. The van der Waals surface area contributed by atoms with Crippen LogP contribution in [0.3, 0.4) is 0 Å². The maximum atomic E-state index is 12.5. The maximum Gasteiger partial charge on any atom is 0.249 e. The highest BCUT2D eigenvalue weighted by molar-refractivity contribution is 5.80. The molecule has 0 bridgehead atoms. The Morgan fingerprint density at radius 3 is 1.09 bits per heavy atom. The van der Waals surface area contributed by atoms with Gasteiger partial charge in [-0.1, -0.05) is 231 Å². The van der Waals surface area contributed by atoms with Crippen LogP contribution in [-0.2, 0) is 4.79 Å². The van der Waals surface area contributed by atoms with Gasteiger partial charge in [0.05, 0.1) is 18.8 Å². The molecule has 314 valence electrons. The Labute approximate surface area is 331 Å². The summed E-state index contributed by atoms with van der Waals surface area (Å²) in [6.07, 6.45) is 53.6. The van der Waals surface area contributed by atoms with Crippen LogP contribution in [0.25, 0.3) is 0 Å². The molecular weight excluding hydrogens is 655 g/mol. The lowest BCUT2D eigenvalue weighted by molar-refractivity contribution is -0.131. The summed E-state index contributed by atoms with van der Waals surface area (Å²) in [6, 6.07) is -0.797. The van der Waals surface area contributed by atoms with Crippen molar-refractivity contribution in [3.63, 3.8) is 0 Å². The molecule has 0 spiro atoms. The quantitative estimate of drug-likeness (QED) is 0.0369. The molecule has 53 heavy (non-hydrogen) atoms. The number of unbranched alkanes of at least 4 members (excludes halogenated alkanes) is 33. The molecule has 3 unspecified atom stereocenters. The molecule has 0 fully saturated rings. The van der Waals surface area contributed by atoms with E-state index in [0.717, 1.165) is 32.1 Å².